The van der Waals surface area contributed by atoms with Gasteiger partial charge in [0.25, 0.3) is 0 Å². The Balaban J connectivity index is 2.05. The van der Waals surface area contributed by atoms with Crippen molar-refractivity contribution in [3.8, 4) is 6.07 Å². The van der Waals surface area contributed by atoms with Crippen molar-refractivity contribution in [3.63, 3.8) is 0 Å². The number of rotatable bonds is 4. The van der Waals surface area contributed by atoms with Crippen LogP contribution in [0.25, 0.3) is 0 Å². The number of ether oxygens (including phenoxy) is 1. The summed E-state index contributed by atoms with van der Waals surface area (Å²) in [6, 6.07) is 10.2. The normalized spacial score (nSPS) is 29.6. The van der Waals surface area contributed by atoms with E-state index in [9.17, 15) is 10.1 Å². The summed E-state index contributed by atoms with van der Waals surface area (Å²) in [6.45, 7) is 12.9. The van der Waals surface area contributed by atoms with Crippen molar-refractivity contribution >= 4 is 23.4 Å². The monoisotopic (exact) mass is 402 g/mol. The molecule has 0 aromatic heterocycles. The van der Waals surface area contributed by atoms with Crippen LogP contribution in [0.3, 0.4) is 0 Å². The molecule has 0 amide bonds. The van der Waals surface area contributed by atoms with Crippen molar-refractivity contribution in [2.24, 2.45) is 11.3 Å². The van der Waals surface area contributed by atoms with E-state index in [0.717, 1.165) is 5.69 Å². The molecule has 0 spiro atoms. The van der Waals surface area contributed by atoms with E-state index in [1.165, 1.54) is 5.56 Å². The lowest BCUT2D eigenvalue weighted by Gasteiger charge is -2.33. The second-order valence-corrected chi connectivity index (χ2v) is 10.1. The molecular formula is C22H30N2O3S. The first kappa shape index (κ1) is 21.0. The molecule has 0 saturated carbocycles. The number of nitrogens with zero attached hydrogens (tertiary/aromatic N) is 2. The number of esters is 1. The van der Waals surface area contributed by atoms with Crippen LogP contribution < -0.4 is 5.06 Å². The van der Waals surface area contributed by atoms with Gasteiger partial charge in [-0.25, -0.2) is 5.06 Å². The molecule has 152 valence electrons. The van der Waals surface area contributed by atoms with Gasteiger partial charge >= 0.3 is 5.97 Å². The van der Waals surface area contributed by atoms with E-state index in [-0.39, 0.29) is 22.7 Å². The molecule has 2 aliphatic heterocycles. The minimum atomic E-state index is -0.965. The molecule has 28 heavy (non-hydrogen) atoms. The maximum atomic E-state index is 13.1. The molecule has 3 rings (SSSR count). The Labute approximate surface area is 172 Å². The summed E-state index contributed by atoms with van der Waals surface area (Å²) < 4.78 is 5.43. The van der Waals surface area contributed by atoms with Gasteiger partial charge in [0.15, 0.2) is 6.10 Å². The highest BCUT2D eigenvalue weighted by atomic mass is 32.2. The van der Waals surface area contributed by atoms with E-state index in [1.54, 1.807) is 18.7 Å². The Morgan fingerprint density at radius 1 is 1.39 bits per heavy atom. The predicted molar refractivity (Wildman–Crippen MR) is 112 cm³/mol. The number of fused-ring (bicyclic) bond motifs is 1. The molecule has 0 bridgehead atoms. The molecule has 0 aliphatic carbocycles. The van der Waals surface area contributed by atoms with Crippen LogP contribution in [0.2, 0.25) is 0 Å². The number of hydrogen-bond acceptors (Lipinski definition) is 6. The number of nitriles is 1. The molecule has 4 atom stereocenters. The Hall–Kier alpha value is -1.71. The molecule has 2 aliphatic rings. The Bertz CT molecular complexity index is 765. The van der Waals surface area contributed by atoms with E-state index < -0.39 is 11.5 Å². The van der Waals surface area contributed by atoms with Gasteiger partial charge in [-0.15, -0.1) is 0 Å². The Kier molecular flexibility index (Phi) is 5.71. The fourth-order valence-corrected chi connectivity index (χ4v) is 5.96. The molecule has 5 nitrogen and oxygen atoms in total. The number of thioether (sulfide) groups is 1. The second-order valence-electron chi connectivity index (χ2n) is 8.96. The van der Waals surface area contributed by atoms with Gasteiger partial charge in [-0.2, -0.15) is 17.0 Å². The maximum Gasteiger partial charge on any atom is 0.319 e. The van der Waals surface area contributed by atoms with Gasteiger partial charge in [0.2, 0.25) is 0 Å². The van der Waals surface area contributed by atoms with Crippen LogP contribution in [0.15, 0.2) is 24.3 Å². The third kappa shape index (κ3) is 3.29. The second kappa shape index (κ2) is 7.61. The van der Waals surface area contributed by atoms with E-state index in [0.29, 0.717) is 18.3 Å². The summed E-state index contributed by atoms with van der Waals surface area (Å²) in [5.74, 6) is 0.549. The number of carbonyl (C=O) groups is 1. The van der Waals surface area contributed by atoms with Gasteiger partial charge < -0.3 is 4.74 Å². The smallest absolute Gasteiger partial charge is 0.319 e. The summed E-state index contributed by atoms with van der Waals surface area (Å²) in [6.07, 6.45) is -0.852. The quantitative estimate of drug-likeness (QED) is 0.699. The fraction of sp³-hybridized carbons (Fsp3) is 0.636. The predicted octanol–water partition coefficient (Wildman–Crippen LogP) is 4.32. The van der Waals surface area contributed by atoms with Gasteiger partial charge in [0.05, 0.1) is 24.4 Å². The van der Waals surface area contributed by atoms with Gasteiger partial charge in [-0.05, 0) is 36.0 Å². The summed E-state index contributed by atoms with van der Waals surface area (Å²) in [5, 5.41) is 11.8. The van der Waals surface area contributed by atoms with E-state index in [4.69, 9.17) is 9.57 Å². The van der Waals surface area contributed by atoms with Crippen LogP contribution in [0, 0.1) is 22.7 Å². The zero-order valence-corrected chi connectivity index (χ0v) is 18.4. The van der Waals surface area contributed by atoms with Crippen LogP contribution in [-0.2, 0) is 19.8 Å². The van der Waals surface area contributed by atoms with Crippen LogP contribution in [-0.4, -0.2) is 35.7 Å². The molecule has 1 aromatic carbocycles. The highest BCUT2D eigenvalue weighted by Gasteiger charge is 2.68. The van der Waals surface area contributed by atoms with Crippen molar-refractivity contribution < 1.29 is 14.4 Å². The third-order valence-corrected chi connectivity index (χ3v) is 7.54. The minimum absolute atomic E-state index is 0.0535. The van der Waals surface area contributed by atoms with Gasteiger partial charge in [-0.3, -0.25) is 9.63 Å². The molecule has 2 fully saturated rings. The SMILES string of the molecule is CCOC(=O)[C@@]12CS[C@@H](C(C)C)[C@@H]1N(c1ccc(C(C)(C)C)cc1)O[C@@H]2C#N. The number of anilines is 1. The standard InChI is InChI=1S/C22H30N2O3S/c1-7-26-20(25)22-13-28-18(14(2)3)19(22)24(27-17(22)12-23)16-10-8-15(9-11-16)21(4,5)6/h8-11,14,17-19H,7,13H2,1-6H3/t17-,18+,19+,22-/m1/s1. The average molecular weight is 403 g/mol. The van der Waals surface area contributed by atoms with E-state index in [2.05, 4.69) is 52.8 Å². The average Bonchev–Trinajstić information content (AvgIpc) is 3.17. The van der Waals surface area contributed by atoms with Gasteiger partial charge in [0, 0.05) is 11.0 Å². The highest BCUT2D eigenvalue weighted by Crippen LogP contribution is 2.55. The number of hydroxylamine groups is 1. The first-order valence-corrected chi connectivity index (χ1v) is 11.0. The lowest BCUT2D eigenvalue weighted by atomic mass is 9.75. The highest BCUT2D eigenvalue weighted by molar-refractivity contribution is 8.00. The number of benzene rings is 1. The van der Waals surface area contributed by atoms with Crippen molar-refractivity contribution in [1.82, 2.24) is 0 Å². The lowest BCUT2D eigenvalue weighted by molar-refractivity contribution is -0.156. The molecule has 0 N–H and O–H groups in total. The summed E-state index contributed by atoms with van der Waals surface area (Å²) in [7, 11) is 0. The minimum Gasteiger partial charge on any atom is -0.465 e. The number of carbonyl (C=O) groups excluding carboxylic acids is 1. The van der Waals surface area contributed by atoms with Gasteiger partial charge in [-0.1, -0.05) is 46.8 Å². The van der Waals surface area contributed by atoms with Crippen molar-refractivity contribution in [2.75, 3.05) is 17.4 Å². The summed E-state index contributed by atoms with van der Waals surface area (Å²) >= 11 is 1.75. The molecule has 2 saturated heterocycles. The van der Waals surface area contributed by atoms with Crippen LogP contribution in [0.5, 0.6) is 0 Å². The summed E-state index contributed by atoms with van der Waals surface area (Å²) in [4.78, 5) is 19.2. The topological polar surface area (TPSA) is 62.6 Å². The molecular weight excluding hydrogens is 372 g/mol. The number of hydrogen-bond donors (Lipinski definition) is 0. The lowest BCUT2D eigenvalue weighted by Crippen LogP contribution is -2.51. The van der Waals surface area contributed by atoms with Crippen LogP contribution in [0.4, 0.5) is 5.69 Å². The Morgan fingerprint density at radius 2 is 2.04 bits per heavy atom. The largest absolute Gasteiger partial charge is 0.465 e. The van der Waals surface area contributed by atoms with Crippen molar-refractivity contribution in [1.29, 1.82) is 5.26 Å². The Morgan fingerprint density at radius 3 is 2.54 bits per heavy atom. The molecule has 6 heteroatoms. The fourth-order valence-electron chi connectivity index (χ4n) is 4.13. The summed E-state index contributed by atoms with van der Waals surface area (Å²) in [5.41, 5.74) is 1.19. The molecule has 0 unspecified atom stereocenters. The van der Waals surface area contributed by atoms with E-state index >= 15 is 0 Å². The van der Waals surface area contributed by atoms with Crippen molar-refractivity contribution in [2.45, 2.75) is 64.4 Å². The molecule has 0 radical (unpaired) electrons. The third-order valence-electron chi connectivity index (χ3n) is 5.71. The van der Waals surface area contributed by atoms with E-state index in [1.807, 2.05) is 17.2 Å². The molecule has 2 heterocycles. The van der Waals surface area contributed by atoms with Crippen LogP contribution >= 0.6 is 11.8 Å². The maximum absolute atomic E-state index is 13.1. The van der Waals surface area contributed by atoms with Crippen LogP contribution in [0.1, 0.15) is 47.1 Å². The van der Waals surface area contributed by atoms with Crippen molar-refractivity contribution in [3.05, 3.63) is 29.8 Å². The zero-order valence-electron chi connectivity index (χ0n) is 17.6. The van der Waals surface area contributed by atoms with Gasteiger partial charge in [0.1, 0.15) is 5.41 Å². The first-order valence-electron chi connectivity index (χ1n) is 9.91. The first-order chi connectivity index (χ1) is 13.2. The zero-order chi connectivity index (χ0) is 20.7. The molecule has 1 aromatic rings.